The van der Waals surface area contributed by atoms with Gasteiger partial charge in [0, 0.05) is 5.56 Å². The summed E-state index contributed by atoms with van der Waals surface area (Å²) in [7, 11) is 0. The topological polar surface area (TPSA) is 81.9 Å². The van der Waals surface area contributed by atoms with Gasteiger partial charge in [-0.05, 0) is 35.5 Å². The molecule has 122 valence electrons. The number of amidine groups is 1. The van der Waals surface area contributed by atoms with Crippen molar-refractivity contribution in [3.63, 3.8) is 0 Å². The lowest BCUT2D eigenvalue weighted by molar-refractivity contribution is -0.115. The van der Waals surface area contributed by atoms with Crippen LogP contribution in [0.25, 0.3) is 6.08 Å². The van der Waals surface area contributed by atoms with E-state index in [4.69, 9.17) is 10.2 Å². The average molecular weight is 344 g/mol. The van der Waals surface area contributed by atoms with Crippen molar-refractivity contribution in [1.82, 2.24) is 5.32 Å². The van der Waals surface area contributed by atoms with Crippen LogP contribution >= 0.6 is 11.8 Å². The summed E-state index contributed by atoms with van der Waals surface area (Å²) in [4.78, 5) is 16.5. The van der Waals surface area contributed by atoms with Crippen LogP contribution < -0.4 is 5.32 Å². The molecular weight excluding hydrogens is 331 g/mol. The third kappa shape index (κ3) is 3.70. The second kappa shape index (κ2) is 6.96. The molecule has 24 heavy (non-hydrogen) atoms. The van der Waals surface area contributed by atoms with Gasteiger partial charge in [-0.25, -0.2) is 9.38 Å². The Labute approximate surface area is 141 Å². The van der Waals surface area contributed by atoms with Gasteiger partial charge in [-0.3, -0.25) is 4.79 Å². The van der Waals surface area contributed by atoms with Gasteiger partial charge in [0.05, 0.1) is 4.91 Å². The fraction of sp³-hybridized carbons (Fsp3) is 0.0588. The Morgan fingerprint density at radius 3 is 2.50 bits per heavy atom. The lowest BCUT2D eigenvalue weighted by atomic mass is 10.1. The van der Waals surface area contributed by atoms with Crippen molar-refractivity contribution in [3.05, 3.63) is 70.4 Å². The molecule has 0 bridgehead atoms. The number of hydrogen-bond acceptors (Lipinski definition) is 5. The number of aliphatic hydroxyl groups is 2. The number of benzene rings is 2. The van der Waals surface area contributed by atoms with Crippen LogP contribution in [0.2, 0.25) is 0 Å². The number of nitrogens with zero attached hydrogens (tertiary/aromatic N) is 1. The van der Waals surface area contributed by atoms with E-state index in [2.05, 4.69) is 10.3 Å². The monoisotopic (exact) mass is 344 g/mol. The molecule has 1 aliphatic heterocycles. The molecule has 1 aliphatic rings. The quantitative estimate of drug-likeness (QED) is 0.591. The van der Waals surface area contributed by atoms with E-state index in [1.54, 1.807) is 42.5 Å². The van der Waals surface area contributed by atoms with Crippen molar-refractivity contribution < 1.29 is 19.4 Å². The number of nitrogens with one attached hydrogen (secondary N) is 1. The molecule has 5 nitrogen and oxygen atoms in total. The van der Waals surface area contributed by atoms with E-state index in [0.29, 0.717) is 15.6 Å². The Bertz CT molecular complexity index is 832. The molecule has 2 aromatic rings. The van der Waals surface area contributed by atoms with Gasteiger partial charge in [-0.2, -0.15) is 0 Å². The molecule has 7 heteroatoms. The summed E-state index contributed by atoms with van der Waals surface area (Å²) in [6.07, 6.45) is 0.118. The standard InChI is InChI=1S/C17H13FN2O3S/c18-12-3-1-2-4-13(12)19-17-20-15(21)14(24-17)9-10-5-7-11(8-6-10)16(22)23/h1-9,16,22-23H,(H,19,20,21)/b14-9-. The highest BCUT2D eigenvalue weighted by Crippen LogP contribution is 2.29. The van der Waals surface area contributed by atoms with E-state index in [1.807, 2.05) is 0 Å². The predicted molar refractivity (Wildman–Crippen MR) is 90.8 cm³/mol. The minimum Gasteiger partial charge on any atom is -0.364 e. The van der Waals surface area contributed by atoms with E-state index in [0.717, 1.165) is 17.3 Å². The Morgan fingerprint density at radius 1 is 1.12 bits per heavy atom. The molecule has 3 rings (SSSR count). The van der Waals surface area contributed by atoms with E-state index in [9.17, 15) is 9.18 Å². The van der Waals surface area contributed by atoms with Crippen molar-refractivity contribution in [3.8, 4) is 0 Å². The first-order chi connectivity index (χ1) is 11.5. The van der Waals surface area contributed by atoms with E-state index in [1.165, 1.54) is 12.1 Å². The number of halogens is 1. The summed E-state index contributed by atoms with van der Waals surface area (Å²) < 4.78 is 13.6. The highest BCUT2D eigenvalue weighted by atomic mass is 32.2. The van der Waals surface area contributed by atoms with Crippen LogP contribution in [0, 0.1) is 5.82 Å². The molecule has 0 saturated carbocycles. The van der Waals surface area contributed by atoms with Gasteiger partial charge in [0.15, 0.2) is 11.5 Å². The average Bonchev–Trinajstić information content (AvgIpc) is 2.90. The zero-order chi connectivity index (χ0) is 17.1. The fourth-order valence-corrected chi connectivity index (χ4v) is 2.88. The van der Waals surface area contributed by atoms with Gasteiger partial charge in [-0.1, -0.05) is 36.4 Å². The van der Waals surface area contributed by atoms with E-state index >= 15 is 0 Å². The molecule has 0 spiro atoms. The minimum atomic E-state index is -1.53. The Hall–Kier alpha value is -2.48. The number of hydrogen-bond donors (Lipinski definition) is 3. The normalized spacial score (nSPS) is 17.8. The number of aliphatic hydroxyl groups excluding tert-OH is 1. The first kappa shape index (κ1) is 16.4. The lowest BCUT2D eigenvalue weighted by Crippen LogP contribution is -2.19. The number of thioether (sulfide) groups is 1. The second-order valence-corrected chi connectivity index (χ2v) is 6.00. The van der Waals surface area contributed by atoms with Crippen LogP contribution in [0.5, 0.6) is 0 Å². The summed E-state index contributed by atoms with van der Waals surface area (Å²) in [5, 5.41) is 21.0. The van der Waals surface area contributed by atoms with Crippen LogP contribution in [-0.2, 0) is 4.79 Å². The maximum Gasteiger partial charge on any atom is 0.264 e. The Kier molecular flexibility index (Phi) is 4.75. The number of carbonyl (C=O) groups is 1. The molecule has 1 heterocycles. The molecule has 3 N–H and O–H groups in total. The largest absolute Gasteiger partial charge is 0.364 e. The van der Waals surface area contributed by atoms with Crippen LogP contribution in [0.15, 0.2) is 58.4 Å². The lowest BCUT2D eigenvalue weighted by Gasteiger charge is -2.03. The SMILES string of the molecule is O=C1N/C(=N/c2ccccc2F)S/C1=C\c1ccc(C(O)O)cc1. The van der Waals surface area contributed by atoms with Gasteiger partial charge in [0.25, 0.3) is 5.91 Å². The van der Waals surface area contributed by atoms with Gasteiger partial charge in [-0.15, -0.1) is 0 Å². The van der Waals surface area contributed by atoms with Crippen LogP contribution in [0.1, 0.15) is 17.4 Å². The van der Waals surface area contributed by atoms with Crippen molar-refractivity contribution in [2.45, 2.75) is 6.29 Å². The summed E-state index contributed by atoms with van der Waals surface area (Å²) in [6.45, 7) is 0. The van der Waals surface area contributed by atoms with E-state index in [-0.39, 0.29) is 11.6 Å². The van der Waals surface area contributed by atoms with Crippen molar-refractivity contribution in [1.29, 1.82) is 0 Å². The third-order valence-corrected chi connectivity index (χ3v) is 4.17. The molecule has 0 aromatic heterocycles. The number of aliphatic imine (C=N–C) groups is 1. The number of para-hydroxylation sites is 1. The Balaban J connectivity index is 1.81. The number of amides is 1. The highest BCUT2D eigenvalue weighted by Gasteiger charge is 2.24. The summed E-state index contributed by atoms with van der Waals surface area (Å²) in [5.74, 6) is -0.781. The summed E-state index contributed by atoms with van der Waals surface area (Å²) in [6, 6.07) is 12.5. The first-order valence-electron chi connectivity index (χ1n) is 7.03. The van der Waals surface area contributed by atoms with Crippen molar-refractivity contribution in [2.75, 3.05) is 0 Å². The first-order valence-corrected chi connectivity index (χ1v) is 7.85. The van der Waals surface area contributed by atoms with Gasteiger partial charge in [0.1, 0.15) is 11.5 Å². The van der Waals surface area contributed by atoms with Gasteiger partial charge in [0.2, 0.25) is 0 Å². The molecule has 0 unspecified atom stereocenters. The molecule has 1 fully saturated rings. The summed E-state index contributed by atoms with van der Waals surface area (Å²) >= 11 is 1.11. The third-order valence-electron chi connectivity index (χ3n) is 3.26. The van der Waals surface area contributed by atoms with E-state index < -0.39 is 12.1 Å². The molecule has 1 amide bonds. The molecule has 0 radical (unpaired) electrons. The van der Waals surface area contributed by atoms with Crippen LogP contribution in [0.4, 0.5) is 10.1 Å². The van der Waals surface area contributed by atoms with Gasteiger partial charge >= 0.3 is 0 Å². The minimum absolute atomic E-state index is 0.155. The number of rotatable bonds is 3. The second-order valence-electron chi connectivity index (χ2n) is 4.97. The van der Waals surface area contributed by atoms with Crippen molar-refractivity contribution >= 4 is 34.6 Å². The highest BCUT2D eigenvalue weighted by molar-refractivity contribution is 8.18. The maximum absolute atomic E-state index is 13.6. The number of carbonyl (C=O) groups excluding carboxylic acids is 1. The van der Waals surface area contributed by atoms with Crippen molar-refractivity contribution in [2.24, 2.45) is 4.99 Å². The zero-order valence-electron chi connectivity index (χ0n) is 12.3. The zero-order valence-corrected chi connectivity index (χ0v) is 13.1. The molecule has 0 aliphatic carbocycles. The molecular formula is C17H13FN2O3S. The van der Waals surface area contributed by atoms with Gasteiger partial charge < -0.3 is 15.5 Å². The smallest absolute Gasteiger partial charge is 0.264 e. The predicted octanol–water partition coefficient (Wildman–Crippen LogP) is 2.70. The molecule has 0 atom stereocenters. The molecule has 1 saturated heterocycles. The summed E-state index contributed by atoms with van der Waals surface area (Å²) in [5.41, 5.74) is 1.24. The fourth-order valence-electron chi connectivity index (χ4n) is 2.05. The Morgan fingerprint density at radius 2 is 1.83 bits per heavy atom. The van der Waals surface area contributed by atoms with Crippen LogP contribution in [0.3, 0.4) is 0 Å². The molecule has 2 aromatic carbocycles. The van der Waals surface area contributed by atoms with Crippen LogP contribution in [-0.4, -0.2) is 21.3 Å². The maximum atomic E-state index is 13.6.